The number of aryl methyl sites for hydroxylation is 1. The van der Waals surface area contributed by atoms with E-state index >= 15 is 0 Å². The smallest absolute Gasteiger partial charge is 0.410 e. The molecule has 27 heavy (non-hydrogen) atoms. The zero-order valence-corrected chi connectivity index (χ0v) is 15.6. The van der Waals surface area contributed by atoms with Gasteiger partial charge in [0.25, 0.3) is 0 Å². The highest BCUT2D eigenvalue weighted by molar-refractivity contribution is 5.72. The predicted molar refractivity (Wildman–Crippen MR) is 99.9 cm³/mol. The summed E-state index contributed by atoms with van der Waals surface area (Å²) in [6.45, 7) is 5.82. The molecule has 2 aromatic rings. The summed E-state index contributed by atoms with van der Waals surface area (Å²) in [5.41, 5.74) is 2.01. The second kappa shape index (κ2) is 6.35. The molecule has 3 aliphatic rings. The number of ether oxygens (including phenoxy) is 1. The molecule has 0 bridgehead atoms. The number of fused-ring (bicyclic) bond motifs is 2. The van der Waals surface area contributed by atoms with Gasteiger partial charge in [0.05, 0.1) is 11.7 Å². The maximum Gasteiger partial charge on any atom is 0.410 e. The zero-order chi connectivity index (χ0) is 18.4. The molecule has 1 amide bonds. The number of aromatic nitrogens is 2. The van der Waals surface area contributed by atoms with Crippen LogP contribution in [0.4, 0.5) is 4.79 Å². The van der Waals surface area contributed by atoms with Crippen LogP contribution in [0.5, 0.6) is 0 Å². The van der Waals surface area contributed by atoms with Gasteiger partial charge in [-0.1, -0.05) is 30.3 Å². The van der Waals surface area contributed by atoms with E-state index in [4.69, 9.17) is 4.74 Å². The van der Waals surface area contributed by atoms with Gasteiger partial charge in [-0.25, -0.2) is 4.79 Å². The first-order valence-corrected chi connectivity index (χ1v) is 9.58. The summed E-state index contributed by atoms with van der Waals surface area (Å²) in [4.78, 5) is 19.1. The third-order valence-corrected chi connectivity index (χ3v) is 5.98. The summed E-state index contributed by atoms with van der Waals surface area (Å²) < 4.78 is 7.72. The van der Waals surface area contributed by atoms with E-state index in [-0.39, 0.29) is 17.7 Å². The van der Waals surface area contributed by atoms with Crippen molar-refractivity contribution in [1.29, 1.82) is 0 Å². The topological polar surface area (TPSA) is 53.8 Å². The Morgan fingerprint density at radius 1 is 1.11 bits per heavy atom. The van der Waals surface area contributed by atoms with Crippen molar-refractivity contribution in [3.05, 3.63) is 53.9 Å². The van der Waals surface area contributed by atoms with Crippen molar-refractivity contribution in [3.63, 3.8) is 0 Å². The minimum absolute atomic E-state index is 0.141. The third-order valence-electron chi connectivity index (χ3n) is 5.98. The van der Waals surface area contributed by atoms with Crippen LogP contribution in [0.25, 0.3) is 0 Å². The van der Waals surface area contributed by atoms with E-state index in [0.29, 0.717) is 0 Å². The lowest BCUT2D eigenvalue weighted by molar-refractivity contribution is -0.107. The van der Waals surface area contributed by atoms with Crippen LogP contribution in [0.2, 0.25) is 0 Å². The molecule has 4 heterocycles. The minimum Gasteiger partial charge on any atom is -0.438 e. The lowest BCUT2D eigenvalue weighted by Crippen LogP contribution is -2.70. The van der Waals surface area contributed by atoms with Crippen LogP contribution < -0.4 is 0 Å². The van der Waals surface area contributed by atoms with Crippen molar-refractivity contribution < 1.29 is 9.53 Å². The van der Waals surface area contributed by atoms with E-state index in [2.05, 4.69) is 39.2 Å². The first kappa shape index (κ1) is 16.8. The van der Waals surface area contributed by atoms with E-state index in [0.717, 1.165) is 51.5 Å². The lowest BCUT2D eigenvalue weighted by Gasteiger charge is -2.51. The van der Waals surface area contributed by atoms with Crippen LogP contribution in [0, 0.1) is 0 Å². The summed E-state index contributed by atoms with van der Waals surface area (Å²) in [6.07, 6.45) is 1.82. The Hall–Kier alpha value is -2.38. The molecule has 3 saturated heterocycles. The fourth-order valence-electron chi connectivity index (χ4n) is 4.67. The Bertz CT molecular complexity index is 830. The fourth-order valence-corrected chi connectivity index (χ4v) is 4.67. The number of hydrogen-bond acceptors (Lipinski definition) is 5. The molecule has 3 aliphatic heterocycles. The van der Waals surface area contributed by atoms with Gasteiger partial charge in [-0.05, 0) is 11.6 Å². The number of benzene rings is 1. The van der Waals surface area contributed by atoms with Gasteiger partial charge in [-0.3, -0.25) is 19.4 Å². The lowest BCUT2D eigenvalue weighted by atomic mass is 9.84. The van der Waals surface area contributed by atoms with Crippen molar-refractivity contribution in [3.8, 4) is 0 Å². The number of carbonyl (C=O) groups excluding carboxylic acids is 1. The van der Waals surface area contributed by atoms with Crippen LogP contribution in [0.3, 0.4) is 0 Å². The molecule has 0 saturated carbocycles. The molecule has 0 radical (unpaired) electrons. The number of nitrogens with zero attached hydrogens (tertiary/aromatic N) is 5. The molecule has 7 nitrogen and oxygen atoms in total. The van der Waals surface area contributed by atoms with Gasteiger partial charge in [-0.15, -0.1) is 0 Å². The van der Waals surface area contributed by atoms with Crippen molar-refractivity contribution >= 4 is 6.09 Å². The van der Waals surface area contributed by atoms with Gasteiger partial charge in [-0.2, -0.15) is 5.10 Å². The standard InChI is InChI=1S/C20H25N5O2/c1-22-8-7-17(21-22)12-24-14-20(15-24)18-13-23(9-10-25(18)19(26)27-20)11-16-5-3-2-4-6-16/h2-8,18H,9-15H2,1H3. The second-order valence-electron chi connectivity index (χ2n) is 7.99. The van der Waals surface area contributed by atoms with Gasteiger partial charge in [0, 0.05) is 59.1 Å². The first-order chi connectivity index (χ1) is 13.1. The summed E-state index contributed by atoms with van der Waals surface area (Å²) in [6, 6.07) is 12.7. The molecule has 142 valence electrons. The zero-order valence-electron chi connectivity index (χ0n) is 15.6. The van der Waals surface area contributed by atoms with Crippen molar-refractivity contribution in [2.75, 3.05) is 32.7 Å². The molecule has 1 unspecified atom stereocenters. The molecule has 1 aromatic carbocycles. The van der Waals surface area contributed by atoms with Gasteiger partial charge in [0.1, 0.15) is 0 Å². The van der Waals surface area contributed by atoms with Crippen molar-refractivity contribution in [1.82, 2.24) is 24.5 Å². The van der Waals surface area contributed by atoms with Gasteiger partial charge >= 0.3 is 6.09 Å². The third kappa shape index (κ3) is 3.00. The van der Waals surface area contributed by atoms with E-state index < -0.39 is 0 Å². The molecule has 1 atom stereocenters. The molecule has 0 aliphatic carbocycles. The molecule has 0 N–H and O–H groups in total. The number of hydrogen-bond donors (Lipinski definition) is 0. The van der Waals surface area contributed by atoms with Crippen molar-refractivity contribution in [2.45, 2.75) is 24.7 Å². The molecule has 1 spiro atoms. The van der Waals surface area contributed by atoms with Gasteiger partial charge < -0.3 is 4.74 Å². The van der Waals surface area contributed by atoms with Crippen molar-refractivity contribution in [2.24, 2.45) is 7.05 Å². The number of amides is 1. The highest BCUT2D eigenvalue weighted by Crippen LogP contribution is 2.40. The molecule has 7 heteroatoms. The Morgan fingerprint density at radius 2 is 1.93 bits per heavy atom. The van der Waals surface area contributed by atoms with Gasteiger partial charge in [0.2, 0.25) is 0 Å². The number of piperazine rings is 1. The van der Waals surface area contributed by atoms with Crippen LogP contribution >= 0.6 is 0 Å². The SMILES string of the molecule is Cn1ccc(CN2CC3(C2)OC(=O)N2CCN(Cc4ccccc4)CC23)n1. The second-order valence-corrected chi connectivity index (χ2v) is 7.99. The first-order valence-electron chi connectivity index (χ1n) is 9.58. The van der Waals surface area contributed by atoms with E-state index in [1.54, 1.807) is 0 Å². The number of rotatable bonds is 4. The maximum atomic E-state index is 12.4. The van der Waals surface area contributed by atoms with Crippen LogP contribution in [0.15, 0.2) is 42.6 Å². The van der Waals surface area contributed by atoms with Crippen LogP contribution in [0.1, 0.15) is 11.3 Å². The quantitative estimate of drug-likeness (QED) is 0.816. The summed E-state index contributed by atoms with van der Waals surface area (Å²) in [5, 5.41) is 4.45. The Kier molecular flexibility index (Phi) is 3.94. The van der Waals surface area contributed by atoms with E-state index in [9.17, 15) is 4.79 Å². The van der Waals surface area contributed by atoms with Crippen LogP contribution in [-0.4, -0.2) is 74.9 Å². The predicted octanol–water partition coefficient (Wildman–Crippen LogP) is 1.31. The summed E-state index contributed by atoms with van der Waals surface area (Å²) in [5.74, 6) is 0. The summed E-state index contributed by atoms with van der Waals surface area (Å²) >= 11 is 0. The summed E-state index contributed by atoms with van der Waals surface area (Å²) in [7, 11) is 1.93. The highest BCUT2D eigenvalue weighted by atomic mass is 16.6. The van der Waals surface area contributed by atoms with E-state index in [1.807, 2.05) is 35.0 Å². The molecule has 5 rings (SSSR count). The Balaban J connectivity index is 1.25. The number of likely N-dealkylation sites (tertiary alicyclic amines) is 1. The fraction of sp³-hybridized carbons (Fsp3) is 0.500. The Morgan fingerprint density at radius 3 is 2.67 bits per heavy atom. The minimum atomic E-state index is -0.360. The average Bonchev–Trinajstić information content (AvgIpc) is 3.17. The Labute approximate surface area is 159 Å². The van der Waals surface area contributed by atoms with Crippen LogP contribution in [-0.2, 0) is 24.9 Å². The molecule has 1 aromatic heterocycles. The average molecular weight is 367 g/mol. The normalized spacial score (nSPS) is 24.7. The maximum absolute atomic E-state index is 12.4. The molecule has 3 fully saturated rings. The van der Waals surface area contributed by atoms with E-state index in [1.165, 1.54) is 5.56 Å². The monoisotopic (exact) mass is 367 g/mol. The van der Waals surface area contributed by atoms with Gasteiger partial charge in [0.15, 0.2) is 5.60 Å². The molecular weight excluding hydrogens is 342 g/mol. The largest absolute Gasteiger partial charge is 0.438 e. The number of carbonyl (C=O) groups is 1. The highest BCUT2D eigenvalue weighted by Gasteiger charge is 2.61. The molecular formula is C20H25N5O2.